The first-order valence-corrected chi connectivity index (χ1v) is 10.2. The lowest BCUT2D eigenvalue weighted by atomic mass is 9.91. The number of hydrogen-bond acceptors (Lipinski definition) is 7. The highest BCUT2D eigenvalue weighted by Crippen LogP contribution is 2.30. The number of halogens is 2. The van der Waals surface area contributed by atoms with Crippen molar-refractivity contribution < 1.29 is 13.9 Å². The van der Waals surface area contributed by atoms with Crippen molar-refractivity contribution >= 4 is 17.5 Å². The molecule has 1 aromatic carbocycles. The van der Waals surface area contributed by atoms with Crippen LogP contribution >= 0.6 is 0 Å². The van der Waals surface area contributed by atoms with E-state index in [-0.39, 0.29) is 23.7 Å². The molecule has 5 N–H and O–H groups in total. The summed E-state index contributed by atoms with van der Waals surface area (Å²) in [5.74, 6) is -0.616. The Balaban J connectivity index is 1.65. The van der Waals surface area contributed by atoms with Crippen LogP contribution in [0, 0.1) is 11.6 Å². The molecule has 0 spiro atoms. The fraction of sp³-hybridized carbons (Fsp3) is 0.381. The number of aromatic nitrogens is 4. The molecule has 2 aromatic heterocycles. The third-order valence-electron chi connectivity index (χ3n) is 5.32. The lowest BCUT2D eigenvalue weighted by molar-refractivity contribution is 0.111. The number of nitrogens with two attached hydrogens (primary N) is 1. The molecule has 31 heavy (non-hydrogen) atoms. The minimum Gasteiger partial charge on any atom is -0.372 e. The predicted molar refractivity (Wildman–Crippen MR) is 114 cm³/mol. The van der Waals surface area contributed by atoms with Gasteiger partial charge in [0, 0.05) is 47.4 Å². The van der Waals surface area contributed by atoms with Gasteiger partial charge in [-0.25, -0.2) is 18.4 Å². The maximum Gasteiger partial charge on any atom is 0.229 e. The van der Waals surface area contributed by atoms with Crippen LogP contribution in [0.1, 0.15) is 38.8 Å². The second-order valence-electron chi connectivity index (χ2n) is 7.84. The molecule has 1 saturated carbocycles. The summed E-state index contributed by atoms with van der Waals surface area (Å²) in [4.78, 5) is 8.86. The summed E-state index contributed by atoms with van der Waals surface area (Å²) < 4.78 is 28.5. The Labute approximate surface area is 178 Å². The Morgan fingerprint density at radius 3 is 2.48 bits per heavy atom. The maximum atomic E-state index is 13.5. The van der Waals surface area contributed by atoms with Crippen molar-refractivity contribution in [3.63, 3.8) is 0 Å². The molecule has 1 aliphatic carbocycles. The van der Waals surface area contributed by atoms with E-state index < -0.39 is 17.9 Å². The van der Waals surface area contributed by atoms with Crippen LogP contribution in [0.2, 0.25) is 0 Å². The van der Waals surface area contributed by atoms with Crippen LogP contribution < -0.4 is 16.4 Å². The van der Waals surface area contributed by atoms with Gasteiger partial charge in [0.1, 0.15) is 23.7 Å². The molecule has 1 atom stereocenters. The van der Waals surface area contributed by atoms with E-state index in [1.165, 1.54) is 16.8 Å². The third-order valence-corrected chi connectivity index (χ3v) is 5.32. The summed E-state index contributed by atoms with van der Waals surface area (Å²) in [5, 5.41) is 20.2. The van der Waals surface area contributed by atoms with E-state index >= 15 is 0 Å². The highest BCUT2D eigenvalue weighted by atomic mass is 19.1. The van der Waals surface area contributed by atoms with Crippen LogP contribution in [-0.2, 0) is 0 Å². The molecule has 1 unspecified atom stereocenters. The molecule has 8 nitrogen and oxygen atoms in total. The first-order chi connectivity index (χ1) is 14.9. The van der Waals surface area contributed by atoms with Gasteiger partial charge in [0.25, 0.3) is 0 Å². The zero-order valence-electron chi connectivity index (χ0n) is 17.1. The van der Waals surface area contributed by atoms with Crippen molar-refractivity contribution in [1.82, 2.24) is 19.7 Å². The minimum atomic E-state index is -0.769. The van der Waals surface area contributed by atoms with E-state index in [0.29, 0.717) is 11.4 Å². The molecule has 164 valence electrons. The molecule has 0 radical (unpaired) electrons. The first-order valence-electron chi connectivity index (χ1n) is 10.2. The maximum absolute atomic E-state index is 13.5. The van der Waals surface area contributed by atoms with Crippen molar-refractivity contribution in [3.05, 3.63) is 48.4 Å². The Kier molecular flexibility index (Phi) is 6.10. The quantitative estimate of drug-likeness (QED) is 0.474. The molecule has 1 aliphatic rings. The molecule has 3 aromatic rings. The summed E-state index contributed by atoms with van der Waals surface area (Å²) >= 11 is 0. The molecule has 0 amide bonds. The highest BCUT2D eigenvalue weighted by Gasteiger charge is 2.21. The average Bonchev–Trinajstić information content (AvgIpc) is 3.19. The van der Waals surface area contributed by atoms with Gasteiger partial charge in [-0.05, 0) is 44.7 Å². The monoisotopic (exact) mass is 429 g/mol. The number of nitrogens with one attached hydrogen (secondary N) is 2. The second-order valence-corrected chi connectivity index (χ2v) is 7.84. The zero-order valence-corrected chi connectivity index (χ0v) is 17.1. The third kappa shape index (κ3) is 5.15. The van der Waals surface area contributed by atoms with Crippen LogP contribution in [0.15, 0.2) is 36.8 Å². The van der Waals surface area contributed by atoms with Crippen molar-refractivity contribution in [1.29, 1.82) is 0 Å². The normalized spacial score (nSPS) is 19.8. The molecule has 0 bridgehead atoms. The topological polar surface area (TPSA) is 114 Å². The number of aliphatic hydroxyl groups excluding tert-OH is 1. The molecular weight excluding hydrogens is 404 g/mol. The van der Waals surface area contributed by atoms with Gasteiger partial charge in [-0.15, -0.1) is 0 Å². The molecular formula is C21H25F2N7O. The molecule has 2 heterocycles. The van der Waals surface area contributed by atoms with Gasteiger partial charge in [0.15, 0.2) is 0 Å². The second kappa shape index (κ2) is 8.94. The zero-order chi connectivity index (χ0) is 22.0. The average molecular weight is 429 g/mol. The minimum absolute atomic E-state index is 0.194. The summed E-state index contributed by atoms with van der Waals surface area (Å²) in [7, 11) is 0. The lowest BCUT2D eigenvalue weighted by Crippen LogP contribution is -2.33. The number of nitrogens with zero attached hydrogens (tertiary/aromatic N) is 4. The Bertz CT molecular complexity index is 1030. The number of anilines is 3. The van der Waals surface area contributed by atoms with E-state index in [2.05, 4.69) is 25.7 Å². The number of hydrogen-bond donors (Lipinski definition) is 4. The van der Waals surface area contributed by atoms with Crippen LogP contribution in [-0.4, -0.2) is 36.9 Å². The summed E-state index contributed by atoms with van der Waals surface area (Å²) in [6.07, 6.45) is 7.85. The van der Waals surface area contributed by atoms with Gasteiger partial charge in [0.2, 0.25) is 5.95 Å². The molecule has 0 aliphatic heterocycles. The van der Waals surface area contributed by atoms with Crippen LogP contribution in [0.5, 0.6) is 0 Å². The Hall–Kier alpha value is -3.11. The van der Waals surface area contributed by atoms with E-state index in [1.807, 2.05) is 0 Å². The van der Waals surface area contributed by atoms with E-state index in [1.54, 1.807) is 25.5 Å². The van der Waals surface area contributed by atoms with Gasteiger partial charge < -0.3 is 21.5 Å². The smallest absolute Gasteiger partial charge is 0.229 e. The first kappa shape index (κ1) is 21.1. The summed E-state index contributed by atoms with van der Waals surface area (Å²) in [6.45, 7) is 1.61. The number of benzene rings is 1. The van der Waals surface area contributed by atoms with Crippen molar-refractivity contribution in [2.45, 2.75) is 50.9 Å². The lowest BCUT2D eigenvalue weighted by Gasteiger charge is -2.28. The summed E-state index contributed by atoms with van der Waals surface area (Å²) in [6, 6.07) is 3.55. The molecule has 1 fully saturated rings. The van der Waals surface area contributed by atoms with Gasteiger partial charge in [-0.3, -0.25) is 0 Å². The Morgan fingerprint density at radius 2 is 1.84 bits per heavy atom. The molecule has 4 rings (SSSR count). The van der Waals surface area contributed by atoms with Gasteiger partial charge in [-0.2, -0.15) is 10.1 Å². The van der Waals surface area contributed by atoms with E-state index in [0.717, 1.165) is 37.3 Å². The van der Waals surface area contributed by atoms with Gasteiger partial charge >= 0.3 is 0 Å². The number of rotatable bonds is 6. The van der Waals surface area contributed by atoms with E-state index in [4.69, 9.17) is 5.73 Å². The number of aliphatic hydroxyl groups is 1. The molecule has 10 heteroatoms. The molecule has 0 saturated heterocycles. The van der Waals surface area contributed by atoms with Crippen LogP contribution in [0.3, 0.4) is 0 Å². The highest BCUT2D eigenvalue weighted by molar-refractivity contribution is 5.75. The van der Waals surface area contributed by atoms with Crippen molar-refractivity contribution in [3.8, 4) is 11.1 Å². The van der Waals surface area contributed by atoms with Crippen molar-refractivity contribution in [2.75, 3.05) is 10.6 Å². The van der Waals surface area contributed by atoms with E-state index in [9.17, 15) is 13.9 Å². The van der Waals surface area contributed by atoms with Crippen LogP contribution in [0.25, 0.3) is 11.1 Å². The fourth-order valence-electron chi connectivity index (χ4n) is 3.66. The SMILES string of the molecule is CC(O)n1cc(-c2cnc(Nc3cc(F)cc(F)c3)nc2NC2CCC(N)CC2)cn1. The predicted octanol–water partition coefficient (Wildman–Crippen LogP) is 3.55. The fourth-order valence-corrected chi connectivity index (χ4v) is 3.66. The Morgan fingerprint density at radius 1 is 1.13 bits per heavy atom. The van der Waals surface area contributed by atoms with Crippen LogP contribution in [0.4, 0.5) is 26.2 Å². The van der Waals surface area contributed by atoms with Gasteiger partial charge in [-0.1, -0.05) is 0 Å². The summed E-state index contributed by atoms with van der Waals surface area (Å²) in [5.41, 5.74) is 7.67. The largest absolute Gasteiger partial charge is 0.372 e. The van der Waals surface area contributed by atoms with Crippen molar-refractivity contribution in [2.24, 2.45) is 5.73 Å². The van der Waals surface area contributed by atoms with Gasteiger partial charge in [0.05, 0.1) is 6.20 Å². The standard InChI is InChI=1S/C21H25F2N7O/c1-12(31)30-11-13(9-26-30)19-10-25-21(28-18-7-14(22)6-15(23)8-18)29-20(19)27-17-4-2-16(24)3-5-17/h6-12,16-17,31H,2-5,24H2,1H3,(H2,25,27,28,29).